The van der Waals surface area contributed by atoms with Crippen molar-refractivity contribution >= 4 is 28.3 Å². The van der Waals surface area contributed by atoms with Crippen molar-refractivity contribution in [3.63, 3.8) is 0 Å². The van der Waals surface area contributed by atoms with Crippen LogP contribution in [0.15, 0.2) is 29.2 Å². The number of hydrogen-bond acceptors (Lipinski definition) is 4. The smallest absolute Gasteiger partial charge is 0.253 e. The number of sulfonamides is 1. The first-order valence-electron chi connectivity index (χ1n) is 8.57. The summed E-state index contributed by atoms with van der Waals surface area (Å²) in [6.45, 7) is 8.23. The van der Waals surface area contributed by atoms with Crippen molar-refractivity contribution in [1.82, 2.24) is 9.21 Å². The summed E-state index contributed by atoms with van der Waals surface area (Å²) in [6, 6.07) is 6.05. The molecule has 0 aliphatic heterocycles. The number of amides is 1. The first kappa shape index (κ1) is 24.8. The maximum atomic E-state index is 12.6. The molecule has 1 unspecified atom stereocenters. The van der Waals surface area contributed by atoms with Gasteiger partial charge in [0.15, 0.2) is 0 Å². The molecule has 1 amide bonds. The second-order valence-corrected chi connectivity index (χ2v) is 9.06. The minimum atomic E-state index is -3.61. The van der Waals surface area contributed by atoms with E-state index in [-0.39, 0.29) is 35.3 Å². The Morgan fingerprint density at radius 1 is 1.15 bits per heavy atom. The van der Waals surface area contributed by atoms with Gasteiger partial charge in [-0.15, -0.1) is 12.4 Å². The van der Waals surface area contributed by atoms with Crippen LogP contribution >= 0.6 is 12.4 Å². The van der Waals surface area contributed by atoms with E-state index >= 15 is 0 Å². The largest absolute Gasteiger partial charge is 0.342 e. The van der Waals surface area contributed by atoms with Gasteiger partial charge in [0.2, 0.25) is 10.0 Å². The summed E-state index contributed by atoms with van der Waals surface area (Å²) < 4.78 is 26.5. The minimum Gasteiger partial charge on any atom is -0.342 e. The van der Waals surface area contributed by atoms with Gasteiger partial charge in [0, 0.05) is 38.3 Å². The Bertz CT molecular complexity index is 693. The second-order valence-electron chi connectivity index (χ2n) is 7.07. The van der Waals surface area contributed by atoms with Crippen LogP contribution in [0.1, 0.15) is 44.5 Å². The monoisotopic (exact) mass is 405 g/mol. The zero-order valence-electron chi connectivity index (χ0n) is 16.5. The van der Waals surface area contributed by atoms with Crippen LogP contribution < -0.4 is 5.73 Å². The topological polar surface area (TPSA) is 83.7 Å². The molecule has 1 aromatic carbocycles. The van der Waals surface area contributed by atoms with Gasteiger partial charge >= 0.3 is 0 Å². The normalized spacial score (nSPS) is 13.0. The highest BCUT2D eigenvalue weighted by atomic mass is 35.5. The van der Waals surface area contributed by atoms with E-state index in [2.05, 4.69) is 0 Å². The summed E-state index contributed by atoms with van der Waals surface area (Å²) in [4.78, 5) is 14.3. The molecule has 0 aliphatic carbocycles. The van der Waals surface area contributed by atoms with Gasteiger partial charge in [0.05, 0.1) is 4.90 Å². The van der Waals surface area contributed by atoms with Crippen LogP contribution in [0, 0.1) is 5.92 Å². The van der Waals surface area contributed by atoms with E-state index in [1.54, 1.807) is 37.9 Å². The van der Waals surface area contributed by atoms with Crippen molar-refractivity contribution < 1.29 is 13.2 Å². The third-order valence-corrected chi connectivity index (χ3v) is 6.52. The zero-order valence-corrected chi connectivity index (χ0v) is 18.1. The lowest BCUT2D eigenvalue weighted by Gasteiger charge is -2.23. The summed E-state index contributed by atoms with van der Waals surface area (Å²) in [5.41, 5.74) is 6.38. The number of nitrogens with zero attached hydrogens (tertiary/aromatic N) is 2. The second kappa shape index (κ2) is 10.3. The highest BCUT2D eigenvalue weighted by Crippen LogP contribution is 2.18. The predicted molar refractivity (Wildman–Crippen MR) is 108 cm³/mol. The Kier molecular flexibility index (Phi) is 9.80. The van der Waals surface area contributed by atoms with Gasteiger partial charge < -0.3 is 10.6 Å². The number of carbonyl (C=O) groups excluding carboxylic acids is 1. The van der Waals surface area contributed by atoms with Crippen LogP contribution in [0.25, 0.3) is 0 Å². The van der Waals surface area contributed by atoms with Gasteiger partial charge in [-0.2, -0.15) is 4.31 Å². The van der Waals surface area contributed by atoms with Gasteiger partial charge in [0.25, 0.3) is 5.91 Å². The number of rotatable bonds is 8. The van der Waals surface area contributed by atoms with Gasteiger partial charge in [0.1, 0.15) is 0 Å². The molecule has 0 saturated carbocycles. The van der Waals surface area contributed by atoms with E-state index in [9.17, 15) is 13.2 Å². The van der Waals surface area contributed by atoms with Crippen LogP contribution in [0.2, 0.25) is 0 Å². The molecule has 0 spiro atoms. The highest BCUT2D eigenvalue weighted by Gasteiger charge is 2.24. The molecule has 0 aliphatic rings. The summed E-state index contributed by atoms with van der Waals surface area (Å²) >= 11 is 0. The van der Waals surface area contributed by atoms with E-state index in [1.165, 1.54) is 23.5 Å². The molecule has 1 rings (SSSR count). The lowest BCUT2D eigenvalue weighted by atomic mass is 10.0. The summed E-state index contributed by atoms with van der Waals surface area (Å²) in [7, 11) is -0.374. The van der Waals surface area contributed by atoms with Crippen LogP contribution in [0.3, 0.4) is 0 Å². The molecular formula is C18H32ClN3O3S. The first-order valence-corrected chi connectivity index (χ1v) is 10.0. The van der Waals surface area contributed by atoms with Gasteiger partial charge in [-0.3, -0.25) is 4.79 Å². The number of halogens is 1. The van der Waals surface area contributed by atoms with Gasteiger partial charge in [-0.1, -0.05) is 19.9 Å². The number of benzene rings is 1. The van der Waals surface area contributed by atoms with Gasteiger partial charge in [-0.25, -0.2) is 8.42 Å². The van der Waals surface area contributed by atoms with Crippen molar-refractivity contribution in [2.45, 2.75) is 51.1 Å². The Morgan fingerprint density at radius 3 is 2.23 bits per heavy atom. The van der Waals surface area contributed by atoms with Gasteiger partial charge in [-0.05, 0) is 44.4 Å². The molecule has 0 saturated heterocycles. The van der Waals surface area contributed by atoms with E-state index in [4.69, 9.17) is 5.73 Å². The van der Waals surface area contributed by atoms with Crippen molar-refractivity contribution in [2.75, 3.05) is 20.6 Å². The molecule has 2 N–H and O–H groups in total. The zero-order chi connectivity index (χ0) is 19.4. The lowest BCUT2D eigenvalue weighted by Crippen LogP contribution is -2.35. The van der Waals surface area contributed by atoms with Crippen LogP contribution in [-0.4, -0.2) is 56.3 Å². The van der Waals surface area contributed by atoms with E-state index < -0.39 is 10.0 Å². The van der Waals surface area contributed by atoms with Crippen molar-refractivity contribution in [2.24, 2.45) is 11.7 Å². The number of hydrogen-bond donors (Lipinski definition) is 1. The minimum absolute atomic E-state index is 0. The predicted octanol–water partition coefficient (Wildman–Crippen LogP) is 2.58. The molecule has 26 heavy (non-hydrogen) atoms. The Morgan fingerprint density at radius 2 is 1.73 bits per heavy atom. The molecule has 0 bridgehead atoms. The fraction of sp³-hybridized carbons (Fsp3) is 0.611. The van der Waals surface area contributed by atoms with E-state index in [0.29, 0.717) is 24.4 Å². The molecular weight excluding hydrogens is 374 g/mol. The number of carbonyl (C=O) groups is 1. The third-order valence-electron chi connectivity index (χ3n) is 4.49. The molecule has 1 atom stereocenters. The molecule has 150 valence electrons. The fourth-order valence-corrected chi connectivity index (χ4v) is 3.65. The average Bonchev–Trinajstić information content (AvgIpc) is 2.57. The van der Waals surface area contributed by atoms with Crippen molar-refractivity contribution in [3.05, 3.63) is 29.8 Å². The first-order chi connectivity index (χ1) is 11.5. The summed E-state index contributed by atoms with van der Waals surface area (Å²) in [5, 5.41) is 0. The third kappa shape index (κ3) is 6.23. The molecule has 0 radical (unpaired) electrons. The molecule has 6 nitrogen and oxygen atoms in total. The lowest BCUT2D eigenvalue weighted by molar-refractivity contribution is 0.0789. The SMILES string of the molecule is CC(C)C(N)CCN(C)C(=O)c1cccc(S(=O)(=O)N(C)C(C)C)c1.Cl. The van der Waals surface area contributed by atoms with Crippen molar-refractivity contribution in [3.8, 4) is 0 Å². The molecule has 0 aromatic heterocycles. The number of nitrogens with two attached hydrogens (primary N) is 1. The molecule has 0 fully saturated rings. The summed E-state index contributed by atoms with van der Waals surface area (Å²) in [5.74, 6) is 0.142. The van der Waals surface area contributed by atoms with Crippen LogP contribution in [0.4, 0.5) is 0 Å². The molecule has 8 heteroatoms. The van der Waals surface area contributed by atoms with Crippen molar-refractivity contribution in [1.29, 1.82) is 0 Å². The average molecular weight is 406 g/mol. The maximum absolute atomic E-state index is 12.6. The Hall–Kier alpha value is -1.15. The van der Waals surface area contributed by atoms with Crippen LogP contribution in [-0.2, 0) is 10.0 Å². The quantitative estimate of drug-likeness (QED) is 0.720. The highest BCUT2D eigenvalue weighted by molar-refractivity contribution is 7.89. The van der Waals surface area contributed by atoms with E-state index in [1.807, 2.05) is 13.8 Å². The van der Waals surface area contributed by atoms with Crippen LogP contribution in [0.5, 0.6) is 0 Å². The molecule has 0 heterocycles. The maximum Gasteiger partial charge on any atom is 0.253 e. The summed E-state index contributed by atoms with van der Waals surface area (Å²) in [6.07, 6.45) is 0.702. The Balaban J connectivity index is 0.00000625. The van der Waals surface area contributed by atoms with E-state index in [0.717, 1.165) is 0 Å². The Labute approximate surface area is 164 Å². The molecule has 1 aromatic rings. The fourth-order valence-electron chi connectivity index (χ4n) is 2.23. The standard InChI is InChI=1S/C18H31N3O3S.ClH/c1-13(2)17(19)10-11-20(5)18(22)15-8-7-9-16(12-15)25(23,24)21(6)14(3)4;/h7-9,12-14,17H,10-11,19H2,1-6H3;1H.